The van der Waals surface area contributed by atoms with E-state index in [2.05, 4.69) is 27.7 Å². The fraction of sp³-hybridized carbons (Fsp3) is 0.167. The zero-order valence-corrected chi connectivity index (χ0v) is 26.7. The summed E-state index contributed by atoms with van der Waals surface area (Å²) in [5, 5.41) is 23.9. The van der Waals surface area contributed by atoms with Gasteiger partial charge in [-0.05, 0) is 64.1 Å². The Morgan fingerprint density at radius 2 is 0.884 bits per heavy atom. The van der Waals surface area contributed by atoms with E-state index in [0.29, 0.717) is 22.8 Å². The average Bonchev–Trinajstić information content (AvgIpc) is 3.64. The van der Waals surface area contributed by atoms with Crippen LogP contribution < -0.4 is 0 Å². The number of aromatic nitrogens is 4. The molecule has 218 valence electrons. The Morgan fingerprint density at radius 1 is 0.512 bits per heavy atom. The van der Waals surface area contributed by atoms with E-state index in [1.54, 1.807) is 0 Å². The zero-order valence-electron chi connectivity index (χ0n) is 24.4. The zero-order chi connectivity index (χ0) is 29.2. The fourth-order valence-electron chi connectivity index (χ4n) is 6.05. The molecular formula is C36H32N4O2Pt. The van der Waals surface area contributed by atoms with Gasteiger partial charge in [-0.25, -0.2) is 9.97 Å². The van der Waals surface area contributed by atoms with Crippen LogP contribution in [0.2, 0.25) is 0 Å². The summed E-state index contributed by atoms with van der Waals surface area (Å²) < 4.78 is 4.04. The van der Waals surface area contributed by atoms with Gasteiger partial charge in [0.05, 0.1) is 22.5 Å². The first-order chi connectivity index (χ1) is 20.2. The molecule has 0 amide bonds. The molecule has 7 rings (SSSR count). The minimum atomic E-state index is -0.682. The number of hydrogen-bond acceptors (Lipinski definition) is 4. The maximum atomic E-state index is 11.9. The molecule has 1 aliphatic heterocycles. The van der Waals surface area contributed by atoms with Crippen molar-refractivity contribution < 1.29 is 31.3 Å². The van der Waals surface area contributed by atoms with E-state index in [9.17, 15) is 10.2 Å². The van der Waals surface area contributed by atoms with Gasteiger partial charge < -0.3 is 10.2 Å². The van der Waals surface area contributed by atoms with Crippen LogP contribution >= 0.6 is 0 Å². The van der Waals surface area contributed by atoms with Gasteiger partial charge in [0.15, 0.2) is 0 Å². The van der Waals surface area contributed by atoms with Crippen molar-refractivity contribution >= 4 is 0 Å². The summed E-state index contributed by atoms with van der Waals surface area (Å²) >= 11 is 0. The molecule has 0 unspecified atom stereocenters. The van der Waals surface area contributed by atoms with E-state index in [1.165, 1.54) is 0 Å². The molecule has 8 bridgehead atoms. The van der Waals surface area contributed by atoms with Crippen molar-refractivity contribution in [1.82, 2.24) is 19.1 Å². The van der Waals surface area contributed by atoms with Crippen LogP contribution in [-0.4, -0.2) is 29.3 Å². The smallest absolute Gasteiger partial charge is 0.148 e. The maximum Gasteiger partial charge on any atom is 0.148 e. The van der Waals surface area contributed by atoms with Crippen molar-refractivity contribution in [2.45, 2.75) is 38.5 Å². The molecular weight excluding hydrogens is 716 g/mol. The third-order valence-corrected chi connectivity index (χ3v) is 8.66. The van der Waals surface area contributed by atoms with E-state index in [1.807, 2.05) is 119 Å². The molecule has 6 aromatic rings. The van der Waals surface area contributed by atoms with Gasteiger partial charge in [-0.2, -0.15) is 0 Å². The number of phenolic OH excluding ortho intramolecular Hbond substituents is 2. The molecule has 0 spiro atoms. The molecule has 4 aromatic carbocycles. The van der Waals surface area contributed by atoms with E-state index < -0.39 is 10.8 Å². The second kappa shape index (κ2) is 10.4. The first kappa shape index (κ1) is 28.7. The second-order valence-corrected chi connectivity index (χ2v) is 12.0. The molecule has 0 saturated carbocycles. The Balaban J connectivity index is 0.00000329. The van der Waals surface area contributed by atoms with Crippen molar-refractivity contribution in [3.63, 3.8) is 0 Å². The molecule has 1 aliphatic rings. The quantitative estimate of drug-likeness (QED) is 0.190. The van der Waals surface area contributed by atoms with Gasteiger partial charge in [0.1, 0.15) is 23.1 Å². The minimum absolute atomic E-state index is 0. The topological polar surface area (TPSA) is 76.1 Å². The molecule has 0 fully saturated rings. The number of nitrogens with zero attached hydrogens (tertiary/aromatic N) is 4. The summed E-state index contributed by atoms with van der Waals surface area (Å²) in [5.74, 6) is 1.60. The largest absolute Gasteiger partial charge is 0.507 e. The number of para-hydroxylation sites is 4. The molecule has 0 saturated heterocycles. The summed E-state index contributed by atoms with van der Waals surface area (Å²) in [6.45, 7) is 8.25. The number of imidazole rings is 2. The summed E-state index contributed by atoms with van der Waals surface area (Å²) in [7, 11) is 0. The van der Waals surface area contributed by atoms with Crippen LogP contribution in [0.25, 0.3) is 34.2 Å². The second-order valence-electron chi connectivity index (χ2n) is 12.0. The van der Waals surface area contributed by atoms with Crippen LogP contribution in [-0.2, 0) is 31.9 Å². The van der Waals surface area contributed by atoms with Gasteiger partial charge in [0.2, 0.25) is 0 Å². The predicted octanol–water partition coefficient (Wildman–Crippen LogP) is 7.77. The Morgan fingerprint density at radius 3 is 1.26 bits per heavy atom. The molecule has 2 N–H and O–H groups in total. The molecule has 7 heteroatoms. The van der Waals surface area contributed by atoms with E-state index in [-0.39, 0.29) is 32.6 Å². The Kier molecular flexibility index (Phi) is 6.93. The van der Waals surface area contributed by atoms with Crippen molar-refractivity contribution in [1.29, 1.82) is 0 Å². The summed E-state index contributed by atoms with van der Waals surface area (Å²) in [5.41, 5.74) is 4.76. The number of benzene rings is 4. The van der Waals surface area contributed by atoms with Crippen molar-refractivity contribution in [2.24, 2.45) is 0 Å². The number of aromatic hydroxyl groups is 2. The van der Waals surface area contributed by atoms with Crippen LogP contribution in [0.5, 0.6) is 11.5 Å². The normalized spacial score (nSPS) is 14.4. The number of fused-ring (bicyclic) bond motifs is 10. The third kappa shape index (κ3) is 4.44. The molecule has 0 aliphatic carbocycles. The predicted molar refractivity (Wildman–Crippen MR) is 166 cm³/mol. The van der Waals surface area contributed by atoms with Gasteiger partial charge in [-0.1, -0.05) is 60.7 Å². The average molecular weight is 748 g/mol. The number of hydrogen-bond donors (Lipinski definition) is 2. The van der Waals surface area contributed by atoms with Crippen LogP contribution in [0.15, 0.2) is 109 Å². The van der Waals surface area contributed by atoms with Crippen LogP contribution in [0.3, 0.4) is 0 Å². The fourth-order valence-corrected chi connectivity index (χ4v) is 6.05. The van der Waals surface area contributed by atoms with E-state index in [4.69, 9.17) is 9.97 Å². The molecule has 3 heterocycles. The number of rotatable bonds is 2. The van der Waals surface area contributed by atoms with Crippen LogP contribution in [0.1, 0.15) is 50.2 Å². The third-order valence-electron chi connectivity index (χ3n) is 8.66. The van der Waals surface area contributed by atoms with Gasteiger partial charge in [-0.15, -0.1) is 0 Å². The van der Waals surface area contributed by atoms with Crippen molar-refractivity contribution in [3.8, 4) is 45.6 Å². The van der Waals surface area contributed by atoms with Crippen molar-refractivity contribution in [3.05, 3.63) is 132 Å². The van der Waals surface area contributed by atoms with E-state index >= 15 is 0 Å². The SMILES string of the molecule is CC1(C)c2cn(-c3ccccc3)c(n2)-c2cccc(c2O)C(C)(C)c2cn(-c3ccccc3)c(n2)-c2cccc1c2O.[Pt]. The van der Waals surface area contributed by atoms with Gasteiger partial charge in [-0.3, -0.25) is 9.13 Å². The number of phenols is 2. The summed E-state index contributed by atoms with van der Waals surface area (Å²) in [6, 6.07) is 31.7. The minimum Gasteiger partial charge on any atom is -0.507 e. The van der Waals surface area contributed by atoms with Crippen LogP contribution in [0.4, 0.5) is 0 Å². The summed E-state index contributed by atoms with van der Waals surface area (Å²) in [4.78, 5) is 10.3. The van der Waals surface area contributed by atoms with Gasteiger partial charge in [0.25, 0.3) is 0 Å². The van der Waals surface area contributed by atoms with Gasteiger partial charge >= 0.3 is 0 Å². The first-order valence-electron chi connectivity index (χ1n) is 14.1. The molecule has 0 atom stereocenters. The molecule has 6 nitrogen and oxygen atoms in total. The molecule has 43 heavy (non-hydrogen) atoms. The Bertz CT molecular complexity index is 1810. The van der Waals surface area contributed by atoms with Crippen LogP contribution in [0, 0.1) is 0 Å². The Labute approximate surface area is 265 Å². The molecule has 2 aromatic heterocycles. The van der Waals surface area contributed by atoms with Gasteiger partial charge in [0, 0.05) is 66.8 Å². The summed E-state index contributed by atoms with van der Waals surface area (Å²) in [6.07, 6.45) is 4.02. The van der Waals surface area contributed by atoms with Crippen molar-refractivity contribution in [2.75, 3.05) is 0 Å². The first-order valence-corrected chi connectivity index (χ1v) is 14.1. The standard InChI is InChI=1S/C36H32N4O2.Pt/c1-35(2)27-19-11-17-25(31(27)41)34-38-30(22-40(34)24-15-9-6-10-16-24)36(3,4)28-20-12-18-26(32(28)42)33-37-29(35)21-39(33)23-13-7-5-8-14-23;/h5-22,41-42H,1-4H3;. The maximum absolute atomic E-state index is 11.9. The van der Waals surface area contributed by atoms with E-state index in [0.717, 1.165) is 33.9 Å². The Hall–Kier alpha value is -4.41. The monoisotopic (exact) mass is 747 g/mol. The molecule has 0 radical (unpaired) electrons.